The molecule has 0 spiro atoms. The van der Waals surface area contributed by atoms with Crippen LogP contribution in [0.25, 0.3) is 0 Å². The Morgan fingerprint density at radius 2 is 1.04 bits per heavy atom. The monoisotopic (exact) mass is 406 g/mol. The number of hydrogen-bond acceptors (Lipinski definition) is 4. The first-order valence-corrected chi connectivity index (χ1v) is 10.7. The molecule has 0 aromatic heterocycles. The molecule has 0 radical (unpaired) electrons. The first-order chi connectivity index (χ1) is 13.2. The van der Waals surface area contributed by atoms with Crippen LogP contribution in [0, 0.1) is 17.8 Å². The normalized spacial score (nSPS) is 11.7. The fourth-order valence-electron chi connectivity index (χ4n) is 2.11. The second-order valence-electron chi connectivity index (χ2n) is 7.33. The average molecular weight is 407 g/mol. The molecule has 1 atom stereocenters. The van der Waals surface area contributed by atoms with Crippen molar-refractivity contribution in [3.63, 3.8) is 0 Å². The molecule has 0 rings (SSSR count). The lowest BCUT2D eigenvalue weighted by molar-refractivity contribution is -0.125. The Morgan fingerprint density at radius 1 is 0.714 bits per heavy atom. The molecule has 0 aliphatic heterocycles. The third kappa shape index (κ3) is 14.4. The molecule has 0 aromatic carbocycles. The highest BCUT2D eigenvalue weighted by Crippen LogP contribution is 1.99. The van der Waals surface area contributed by atoms with Gasteiger partial charge in [0.25, 0.3) is 0 Å². The van der Waals surface area contributed by atoms with E-state index in [1.807, 2.05) is 55.4 Å². The molecule has 7 nitrogen and oxygen atoms in total. The Hall–Kier alpha value is -1.63. The summed E-state index contributed by atoms with van der Waals surface area (Å²) in [5.41, 5.74) is 0. The first-order valence-electron chi connectivity index (χ1n) is 10.7. The number of rotatable bonds is 13. The Labute approximate surface area is 176 Å². The average Bonchev–Trinajstić information content (AvgIpc) is 2.67. The van der Waals surface area contributed by atoms with E-state index in [1.165, 1.54) is 0 Å². The first kappa shape index (κ1) is 28.6. The molecule has 0 bridgehead atoms. The van der Waals surface area contributed by atoms with Crippen molar-refractivity contribution in [1.82, 2.24) is 20.9 Å². The molecular formula is C21H50N4O3. The summed E-state index contributed by atoms with van der Waals surface area (Å²) in [6.07, 6.45) is 0.817. The molecule has 1 unspecified atom stereocenters. The van der Waals surface area contributed by atoms with Gasteiger partial charge in [0.15, 0.2) is 0 Å². The van der Waals surface area contributed by atoms with E-state index in [-0.39, 0.29) is 39.8 Å². The van der Waals surface area contributed by atoms with Crippen molar-refractivity contribution in [2.24, 2.45) is 17.8 Å². The summed E-state index contributed by atoms with van der Waals surface area (Å²) in [7, 11) is 0. The zero-order valence-electron chi connectivity index (χ0n) is 19.4. The fourth-order valence-corrected chi connectivity index (χ4v) is 2.11. The molecule has 0 aliphatic carbocycles. The molecule has 0 aromatic rings. The van der Waals surface area contributed by atoms with Crippen LogP contribution < -0.4 is 16.0 Å². The second kappa shape index (κ2) is 17.5. The summed E-state index contributed by atoms with van der Waals surface area (Å²) in [5.74, 6) is 0.0613. The Morgan fingerprint density at radius 3 is 1.32 bits per heavy atom. The van der Waals surface area contributed by atoms with Gasteiger partial charge in [0.1, 0.15) is 0 Å². The Balaban J connectivity index is -0.000000436. The predicted molar refractivity (Wildman–Crippen MR) is 122 cm³/mol. The maximum atomic E-state index is 11.9. The highest BCUT2D eigenvalue weighted by Gasteiger charge is 2.12. The quantitative estimate of drug-likeness (QED) is 0.439. The lowest BCUT2D eigenvalue weighted by Crippen LogP contribution is -2.44. The molecule has 0 heterocycles. The summed E-state index contributed by atoms with van der Waals surface area (Å²) in [4.78, 5) is 37.3. The van der Waals surface area contributed by atoms with Crippen molar-refractivity contribution in [3.05, 3.63) is 0 Å². The highest BCUT2D eigenvalue weighted by molar-refractivity contribution is 5.78. The summed E-state index contributed by atoms with van der Waals surface area (Å²) >= 11 is 0. The van der Waals surface area contributed by atoms with Crippen LogP contribution in [0.15, 0.2) is 0 Å². The summed E-state index contributed by atoms with van der Waals surface area (Å²) in [6.45, 7) is 19.0. The van der Waals surface area contributed by atoms with Crippen molar-refractivity contribution in [2.75, 3.05) is 39.3 Å². The Kier molecular flexibility index (Phi) is 17.8. The third-order valence-electron chi connectivity index (χ3n) is 4.29. The van der Waals surface area contributed by atoms with Gasteiger partial charge in [0.2, 0.25) is 17.7 Å². The second-order valence-corrected chi connectivity index (χ2v) is 7.33. The van der Waals surface area contributed by atoms with Crippen LogP contribution in [0.5, 0.6) is 0 Å². The number of amides is 3. The fraction of sp³-hybridized carbons (Fsp3) is 0.857. The van der Waals surface area contributed by atoms with E-state index in [1.54, 1.807) is 0 Å². The van der Waals surface area contributed by atoms with Gasteiger partial charge in [0.05, 0.1) is 0 Å². The van der Waals surface area contributed by atoms with Gasteiger partial charge in [0, 0.05) is 61.3 Å². The van der Waals surface area contributed by atoms with E-state index in [4.69, 9.17) is 0 Å². The number of nitrogens with one attached hydrogen (secondary N) is 3. The van der Waals surface area contributed by atoms with Crippen molar-refractivity contribution < 1.29 is 18.7 Å². The van der Waals surface area contributed by atoms with Crippen LogP contribution in [-0.4, -0.2) is 61.9 Å². The van der Waals surface area contributed by atoms with E-state index in [0.717, 1.165) is 6.42 Å². The van der Waals surface area contributed by atoms with Gasteiger partial charge in [-0.3, -0.25) is 19.3 Å². The summed E-state index contributed by atoms with van der Waals surface area (Å²) in [6, 6.07) is 0. The molecule has 3 amide bonds. The molecule has 3 N–H and O–H groups in total. The highest BCUT2D eigenvalue weighted by atomic mass is 16.2. The molecule has 28 heavy (non-hydrogen) atoms. The van der Waals surface area contributed by atoms with Gasteiger partial charge >= 0.3 is 0 Å². The molecule has 0 fully saturated rings. The molecule has 0 saturated heterocycles. The maximum absolute atomic E-state index is 11.9. The van der Waals surface area contributed by atoms with Gasteiger partial charge < -0.3 is 16.0 Å². The number of nitrogens with zero attached hydrogens (tertiary/aromatic N) is 1. The molecular weight excluding hydrogens is 356 g/mol. The van der Waals surface area contributed by atoms with Crippen LogP contribution >= 0.6 is 0 Å². The number of carbonyl (C=O) groups is 3. The van der Waals surface area contributed by atoms with E-state index in [0.29, 0.717) is 39.3 Å². The van der Waals surface area contributed by atoms with E-state index >= 15 is 0 Å². The number of hydrogen-bond donors (Lipinski definition) is 3. The van der Waals surface area contributed by atoms with E-state index < -0.39 is 0 Å². The van der Waals surface area contributed by atoms with E-state index in [2.05, 4.69) is 20.9 Å². The van der Waals surface area contributed by atoms with Crippen molar-refractivity contribution >= 4 is 17.7 Å². The molecule has 0 aliphatic rings. The minimum atomic E-state index is -0.0383. The SMILES string of the molecule is CC.CCC(C)C(=O)NCCN(CCNC(=O)C(C)C)CCNC(=O)C(C)C.[HH].[HH].[HH]. The summed E-state index contributed by atoms with van der Waals surface area (Å²) in [5, 5.41) is 8.75. The van der Waals surface area contributed by atoms with Crippen LogP contribution in [0.1, 0.15) is 66.1 Å². The molecule has 172 valence electrons. The van der Waals surface area contributed by atoms with Crippen molar-refractivity contribution in [3.8, 4) is 0 Å². The minimum absolute atomic E-state index is 0. The summed E-state index contributed by atoms with van der Waals surface area (Å²) < 4.78 is 0. The third-order valence-corrected chi connectivity index (χ3v) is 4.29. The van der Waals surface area contributed by atoms with Crippen LogP contribution in [0.3, 0.4) is 0 Å². The molecule has 7 heteroatoms. The largest absolute Gasteiger partial charge is 0.355 e. The van der Waals surface area contributed by atoms with Crippen LogP contribution in [-0.2, 0) is 14.4 Å². The van der Waals surface area contributed by atoms with Crippen LogP contribution in [0.2, 0.25) is 0 Å². The lowest BCUT2D eigenvalue weighted by atomic mass is 10.1. The standard InChI is InChI=1S/C19H38N4O3.C2H6.3H2/c1-7-16(6)19(26)22-10-13-23(11-8-20-17(24)14(2)3)12-9-21-18(25)15(4)5;1-2;;;/h14-16H,7-13H2,1-6H3,(H,20,24)(H,21,25)(H,22,26);1-2H3;3*1H. The van der Waals surface area contributed by atoms with Crippen LogP contribution in [0.4, 0.5) is 0 Å². The Bertz CT molecular complexity index is 428. The minimum Gasteiger partial charge on any atom is -0.355 e. The topological polar surface area (TPSA) is 90.5 Å². The lowest BCUT2D eigenvalue weighted by Gasteiger charge is -2.23. The van der Waals surface area contributed by atoms with E-state index in [9.17, 15) is 14.4 Å². The maximum Gasteiger partial charge on any atom is 0.222 e. The van der Waals surface area contributed by atoms with Crippen molar-refractivity contribution in [1.29, 1.82) is 0 Å². The zero-order chi connectivity index (χ0) is 22.1. The van der Waals surface area contributed by atoms with Crippen molar-refractivity contribution in [2.45, 2.75) is 61.8 Å². The number of carbonyl (C=O) groups excluding carboxylic acids is 3. The van der Waals surface area contributed by atoms with Gasteiger partial charge in [-0.25, -0.2) is 0 Å². The van der Waals surface area contributed by atoms with Gasteiger partial charge in [-0.2, -0.15) is 0 Å². The smallest absolute Gasteiger partial charge is 0.222 e. The van der Waals surface area contributed by atoms with Gasteiger partial charge in [-0.1, -0.05) is 55.4 Å². The zero-order valence-corrected chi connectivity index (χ0v) is 19.4. The predicted octanol–water partition coefficient (Wildman–Crippen LogP) is 2.76. The van der Waals surface area contributed by atoms with Gasteiger partial charge in [-0.15, -0.1) is 0 Å². The molecule has 0 saturated carbocycles. The van der Waals surface area contributed by atoms with Gasteiger partial charge in [-0.05, 0) is 6.42 Å².